The fourth-order valence-electron chi connectivity index (χ4n) is 3.61. The van der Waals surface area contributed by atoms with E-state index in [9.17, 15) is 5.11 Å². The number of aliphatic hydroxyl groups is 1. The van der Waals surface area contributed by atoms with Crippen molar-refractivity contribution < 1.29 is 9.84 Å². The molecule has 0 fully saturated rings. The molecular weight excluding hydrogens is 366 g/mol. The van der Waals surface area contributed by atoms with E-state index in [0.717, 1.165) is 29.1 Å². The van der Waals surface area contributed by atoms with Gasteiger partial charge < -0.3 is 19.7 Å². The second-order valence-electron chi connectivity index (χ2n) is 8.32. The molecular formula is C22H27N5O2. The minimum atomic E-state index is -1.16. The summed E-state index contributed by atoms with van der Waals surface area (Å²) in [6.07, 6.45) is -1.16. The van der Waals surface area contributed by atoms with Gasteiger partial charge in [0, 0.05) is 12.2 Å². The van der Waals surface area contributed by atoms with Crippen LogP contribution in [-0.2, 0) is 11.3 Å². The lowest BCUT2D eigenvalue weighted by molar-refractivity contribution is -0.148. The Balaban J connectivity index is 1.84. The van der Waals surface area contributed by atoms with E-state index in [1.807, 2.05) is 56.4 Å². The number of aryl methyl sites for hydroxylation is 2. The van der Waals surface area contributed by atoms with Gasteiger partial charge in [-0.1, -0.05) is 30.3 Å². The first-order chi connectivity index (χ1) is 13.7. The molecule has 0 saturated heterocycles. The van der Waals surface area contributed by atoms with Gasteiger partial charge >= 0.3 is 0 Å². The van der Waals surface area contributed by atoms with Crippen molar-refractivity contribution in [1.82, 2.24) is 19.2 Å². The van der Waals surface area contributed by atoms with Gasteiger partial charge in [-0.15, -0.1) is 10.2 Å². The fraction of sp³-hybridized carbons (Fsp3) is 0.364. The van der Waals surface area contributed by atoms with Crippen molar-refractivity contribution in [2.75, 3.05) is 5.32 Å². The molecule has 0 aliphatic carbocycles. The number of aromatic nitrogens is 4. The van der Waals surface area contributed by atoms with Crippen LogP contribution in [-0.4, -0.2) is 36.3 Å². The Kier molecular flexibility index (Phi) is 4.80. The number of nitrogens with one attached hydrogen (secondary N) is 1. The van der Waals surface area contributed by atoms with E-state index in [1.54, 1.807) is 0 Å². The quantitative estimate of drug-likeness (QED) is 0.504. The minimum Gasteiger partial charge on any atom is -0.351 e. The molecule has 3 aromatic heterocycles. The zero-order valence-electron chi connectivity index (χ0n) is 17.5. The summed E-state index contributed by atoms with van der Waals surface area (Å²) in [5.74, 6) is 0.789. The Labute approximate surface area is 169 Å². The zero-order valence-corrected chi connectivity index (χ0v) is 17.5. The number of nitrogens with zero attached hydrogens (tertiary/aromatic N) is 4. The Morgan fingerprint density at radius 3 is 2.48 bits per heavy atom. The van der Waals surface area contributed by atoms with Crippen LogP contribution >= 0.6 is 0 Å². The third kappa shape index (κ3) is 3.83. The van der Waals surface area contributed by atoms with Crippen molar-refractivity contribution in [3.05, 3.63) is 59.5 Å². The van der Waals surface area contributed by atoms with E-state index in [-0.39, 0.29) is 0 Å². The van der Waals surface area contributed by atoms with Gasteiger partial charge in [-0.25, -0.2) is 0 Å². The summed E-state index contributed by atoms with van der Waals surface area (Å²) in [5.41, 5.74) is 5.27. The van der Waals surface area contributed by atoms with Gasteiger partial charge in [-0.3, -0.25) is 4.40 Å². The third-order valence-electron chi connectivity index (χ3n) is 4.84. The largest absolute Gasteiger partial charge is 0.351 e. The lowest BCUT2D eigenvalue weighted by atomic mass is 10.2. The molecule has 152 valence electrons. The highest BCUT2D eigenvalue weighted by Gasteiger charge is 2.20. The molecule has 0 radical (unpaired) electrons. The topological polar surface area (TPSA) is 76.6 Å². The number of benzene rings is 1. The second-order valence-corrected chi connectivity index (χ2v) is 8.32. The van der Waals surface area contributed by atoms with Crippen molar-refractivity contribution in [3.8, 4) is 0 Å². The van der Waals surface area contributed by atoms with E-state index in [1.165, 1.54) is 5.56 Å². The molecule has 7 heteroatoms. The number of aliphatic hydroxyl groups excluding tert-OH is 1. The van der Waals surface area contributed by atoms with Crippen molar-refractivity contribution in [2.24, 2.45) is 0 Å². The highest BCUT2D eigenvalue weighted by molar-refractivity contribution is 5.88. The van der Waals surface area contributed by atoms with Gasteiger partial charge in [-0.2, -0.15) is 0 Å². The summed E-state index contributed by atoms with van der Waals surface area (Å²) in [4.78, 5) is 0. The lowest BCUT2D eigenvalue weighted by Gasteiger charge is -2.25. The van der Waals surface area contributed by atoms with Gasteiger partial charge in [-0.05, 0) is 52.3 Å². The molecule has 0 bridgehead atoms. The smallest absolute Gasteiger partial charge is 0.236 e. The van der Waals surface area contributed by atoms with Crippen LogP contribution in [0.2, 0.25) is 0 Å². The molecule has 4 aromatic rings. The molecule has 1 atom stereocenters. The van der Waals surface area contributed by atoms with E-state index in [4.69, 9.17) is 4.74 Å². The SMILES string of the molecule is Cc1cc2c(cc(NC(O)OC(C)(C)C)c3nnc(C)n32)n1Cc1ccccc1. The number of anilines is 1. The molecule has 2 N–H and O–H groups in total. The molecule has 7 nitrogen and oxygen atoms in total. The van der Waals surface area contributed by atoms with Crippen molar-refractivity contribution in [1.29, 1.82) is 0 Å². The third-order valence-corrected chi connectivity index (χ3v) is 4.84. The Hall–Kier alpha value is -2.90. The summed E-state index contributed by atoms with van der Waals surface area (Å²) in [6.45, 7) is 10.5. The molecule has 0 spiro atoms. The molecule has 1 aromatic carbocycles. The van der Waals surface area contributed by atoms with Crippen molar-refractivity contribution in [3.63, 3.8) is 0 Å². The summed E-state index contributed by atoms with van der Waals surface area (Å²) in [7, 11) is 0. The van der Waals surface area contributed by atoms with E-state index in [0.29, 0.717) is 11.3 Å². The van der Waals surface area contributed by atoms with Crippen LogP contribution < -0.4 is 5.32 Å². The number of ether oxygens (including phenoxy) is 1. The van der Waals surface area contributed by atoms with Crippen LogP contribution in [0.3, 0.4) is 0 Å². The summed E-state index contributed by atoms with van der Waals surface area (Å²) >= 11 is 0. The molecule has 0 aliphatic heterocycles. The maximum atomic E-state index is 10.4. The lowest BCUT2D eigenvalue weighted by Crippen LogP contribution is -2.32. The fourth-order valence-corrected chi connectivity index (χ4v) is 3.61. The van der Waals surface area contributed by atoms with E-state index >= 15 is 0 Å². The van der Waals surface area contributed by atoms with Gasteiger partial charge in [0.2, 0.25) is 6.41 Å². The minimum absolute atomic E-state index is 0.486. The van der Waals surface area contributed by atoms with Crippen molar-refractivity contribution >= 4 is 22.4 Å². The van der Waals surface area contributed by atoms with Gasteiger partial charge in [0.15, 0.2) is 5.65 Å². The number of hydrogen-bond acceptors (Lipinski definition) is 5. The highest BCUT2D eigenvalue weighted by atomic mass is 16.6. The van der Waals surface area contributed by atoms with Crippen molar-refractivity contribution in [2.45, 2.75) is 53.2 Å². The molecule has 0 aliphatic rings. The highest BCUT2D eigenvalue weighted by Crippen LogP contribution is 2.29. The second kappa shape index (κ2) is 7.17. The average Bonchev–Trinajstić information content (AvgIpc) is 3.16. The maximum Gasteiger partial charge on any atom is 0.236 e. The number of hydrogen-bond donors (Lipinski definition) is 2. The number of pyridine rings is 1. The van der Waals surface area contributed by atoms with Gasteiger partial charge in [0.05, 0.1) is 22.3 Å². The predicted molar refractivity (Wildman–Crippen MR) is 114 cm³/mol. The summed E-state index contributed by atoms with van der Waals surface area (Å²) in [5, 5.41) is 22.0. The van der Waals surface area contributed by atoms with Gasteiger partial charge in [0.1, 0.15) is 5.82 Å². The Bertz CT molecular complexity index is 1160. The Morgan fingerprint density at radius 2 is 1.79 bits per heavy atom. The molecule has 3 heterocycles. The van der Waals surface area contributed by atoms with Crippen LogP contribution in [0.1, 0.15) is 37.9 Å². The first-order valence-corrected chi connectivity index (χ1v) is 9.74. The van der Waals surface area contributed by atoms with E-state index < -0.39 is 12.0 Å². The first-order valence-electron chi connectivity index (χ1n) is 9.74. The standard InChI is InChI=1S/C22H27N5O2/c1-14-11-19-18(26(14)13-16-9-7-6-8-10-16)12-17(20-25-24-15(2)27(19)20)23-21(28)29-22(3,4)5/h6-12,21,23,28H,13H2,1-5H3. The van der Waals surface area contributed by atoms with Crippen LogP contribution in [0.4, 0.5) is 5.69 Å². The summed E-state index contributed by atoms with van der Waals surface area (Å²) in [6, 6.07) is 14.5. The molecule has 1 unspecified atom stereocenters. The molecule has 0 amide bonds. The van der Waals surface area contributed by atoms with E-state index in [2.05, 4.69) is 45.2 Å². The Morgan fingerprint density at radius 1 is 1.07 bits per heavy atom. The average molecular weight is 393 g/mol. The maximum absolute atomic E-state index is 10.4. The monoisotopic (exact) mass is 393 g/mol. The number of fused-ring (bicyclic) bond motifs is 3. The number of rotatable bonds is 5. The molecule has 0 saturated carbocycles. The van der Waals surface area contributed by atoms with Crippen LogP contribution in [0.15, 0.2) is 42.5 Å². The predicted octanol–water partition coefficient (Wildman–Crippen LogP) is 3.85. The van der Waals surface area contributed by atoms with Crippen LogP contribution in [0.5, 0.6) is 0 Å². The molecule has 29 heavy (non-hydrogen) atoms. The van der Waals surface area contributed by atoms with Crippen LogP contribution in [0.25, 0.3) is 16.7 Å². The zero-order chi connectivity index (χ0) is 20.8. The molecule has 4 rings (SSSR count). The van der Waals surface area contributed by atoms with Crippen LogP contribution in [0, 0.1) is 13.8 Å². The normalized spacial score (nSPS) is 13.3. The van der Waals surface area contributed by atoms with Gasteiger partial charge in [0.25, 0.3) is 0 Å². The summed E-state index contributed by atoms with van der Waals surface area (Å²) < 4.78 is 9.89. The first kappa shape index (κ1) is 19.4.